The van der Waals surface area contributed by atoms with E-state index in [1.807, 2.05) is 13.0 Å². The molecule has 4 atom stereocenters. The summed E-state index contributed by atoms with van der Waals surface area (Å²) in [6, 6.07) is 5.99. The molecule has 0 spiro atoms. The Morgan fingerprint density at radius 1 is 1.13 bits per heavy atom. The maximum Gasteiger partial charge on any atom is 0.420 e. The molecule has 3 aromatic heterocycles. The topological polar surface area (TPSA) is 149 Å². The number of nitrogen functional groups attached to an aromatic ring is 2. The van der Waals surface area contributed by atoms with Crippen molar-refractivity contribution in [3.63, 3.8) is 0 Å². The molecule has 2 aromatic carbocycles. The van der Waals surface area contributed by atoms with E-state index in [0.29, 0.717) is 23.4 Å². The molecule has 2 aliphatic heterocycles. The van der Waals surface area contributed by atoms with Crippen molar-refractivity contribution in [3.8, 4) is 29.0 Å². The highest BCUT2D eigenvalue weighted by Crippen LogP contribution is 2.54. The van der Waals surface area contributed by atoms with Crippen molar-refractivity contribution in [2.75, 3.05) is 49.7 Å². The molecule has 53 heavy (non-hydrogen) atoms. The predicted molar refractivity (Wildman–Crippen MR) is 191 cm³/mol. The van der Waals surface area contributed by atoms with Crippen LogP contribution in [0.3, 0.4) is 0 Å². The van der Waals surface area contributed by atoms with Crippen molar-refractivity contribution in [2.24, 2.45) is 0 Å². The van der Waals surface area contributed by atoms with Crippen LogP contribution in [0.2, 0.25) is 0 Å². The van der Waals surface area contributed by atoms with Gasteiger partial charge in [-0.25, -0.2) is 13.8 Å². The van der Waals surface area contributed by atoms with E-state index in [1.54, 1.807) is 38.0 Å². The van der Waals surface area contributed by atoms with Crippen molar-refractivity contribution < 1.29 is 36.2 Å². The van der Waals surface area contributed by atoms with E-state index in [-0.39, 0.29) is 69.0 Å². The summed E-state index contributed by atoms with van der Waals surface area (Å²) in [4.78, 5) is 17.1. The Hall–Kier alpha value is -5.05. The Labute approximate surface area is 304 Å². The number of methoxy groups -OCH3 is 1. The quantitative estimate of drug-likeness (QED) is 0.157. The lowest BCUT2D eigenvalue weighted by molar-refractivity contribution is -0.138. The van der Waals surface area contributed by atoms with Gasteiger partial charge in [0.05, 0.1) is 40.4 Å². The molecule has 17 heteroatoms. The van der Waals surface area contributed by atoms with Gasteiger partial charge in [0.15, 0.2) is 5.82 Å². The molecule has 0 aliphatic carbocycles. The van der Waals surface area contributed by atoms with Crippen molar-refractivity contribution in [1.29, 1.82) is 5.26 Å². The first kappa shape index (κ1) is 36.3. The number of aromatic nitrogens is 3. The van der Waals surface area contributed by atoms with Gasteiger partial charge in [0.25, 0.3) is 0 Å². The molecular formula is C36H35F5N8O3S. The van der Waals surface area contributed by atoms with Crippen LogP contribution in [-0.2, 0) is 10.9 Å². The number of likely N-dealkylation sites (N-methyl/N-ethyl adjacent to an activating group) is 1. The number of anilines is 3. The van der Waals surface area contributed by atoms with Crippen LogP contribution in [0.4, 0.5) is 38.6 Å². The van der Waals surface area contributed by atoms with Crippen LogP contribution in [0.1, 0.15) is 49.9 Å². The molecule has 4 N–H and O–H groups in total. The number of alkyl halides is 3. The summed E-state index contributed by atoms with van der Waals surface area (Å²) in [7, 11) is 1.61. The van der Waals surface area contributed by atoms with Crippen LogP contribution >= 0.6 is 11.3 Å². The zero-order valence-electron chi connectivity index (χ0n) is 29.1. The number of fused-ring (bicyclic) bond motifs is 1. The highest BCUT2D eigenvalue weighted by atomic mass is 32.1. The van der Waals surface area contributed by atoms with Crippen LogP contribution in [0.15, 0.2) is 30.5 Å². The number of likely N-dealkylation sites (tertiary alicyclic amines) is 1. The number of nitriles is 1. The zero-order chi connectivity index (χ0) is 37.9. The summed E-state index contributed by atoms with van der Waals surface area (Å²) < 4.78 is 96.7. The molecule has 11 nitrogen and oxygen atoms in total. The maximum atomic E-state index is 17.5. The van der Waals surface area contributed by atoms with Crippen LogP contribution in [0.5, 0.6) is 11.8 Å². The Balaban J connectivity index is 1.55. The number of hydrogen-bond donors (Lipinski definition) is 2. The minimum atomic E-state index is -5.22. The minimum Gasteiger partial charge on any atom is -0.490 e. The summed E-state index contributed by atoms with van der Waals surface area (Å²) in [5, 5.41) is 9.21. The lowest BCUT2D eigenvalue weighted by atomic mass is 9.91. The summed E-state index contributed by atoms with van der Waals surface area (Å²) in [6.45, 7) is 6.73. The Kier molecular flexibility index (Phi) is 9.41. The molecule has 7 rings (SSSR count). The predicted octanol–water partition coefficient (Wildman–Crippen LogP) is 7.08. The number of benzene rings is 2. The van der Waals surface area contributed by atoms with E-state index in [9.17, 15) is 5.26 Å². The smallest absolute Gasteiger partial charge is 0.420 e. The van der Waals surface area contributed by atoms with Gasteiger partial charge < -0.3 is 30.6 Å². The highest BCUT2D eigenvalue weighted by Gasteiger charge is 2.45. The molecule has 0 radical (unpaired) electrons. The van der Waals surface area contributed by atoms with Gasteiger partial charge in [-0.15, -0.1) is 11.3 Å². The van der Waals surface area contributed by atoms with E-state index < -0.39 is 57.9 Å². The second-order valence-electron chi connectivity index (χ2n) is 12.9. The summed E-state index contributed by atoms with van der Waals surface area (Å²) in [5.41, 5.74) is 9.14. The molecule has 1 saturated heterocycles. The zero-order valence-corrected chi connectivity index (χ0v) is 29.9. The lowest BCUT2D eigenvalue weighted by Crippen LogP contribution is -2.46. The van der Waals surface area contributed by atoms with Gasteiger partial charge in [-0.1, -0.05) is 19.1 Å². The molecule has 0 saturated carbocycles. The summed E-state index contributed by atoms with van der Waals surface area (Å²) >= 11 is 0.680. The second-order valence-corrected chi connectivity index (χ2v) is 13.9. The molecule has 5 heterocycles. The Bertz CT molecular complexity index is 2270. The Morgan fingerprint density at radius 3 is 2.58 bits per heavy atom. The first-order valence-electron chi connectivity index (χ1n) is 16.9. The molecule has 0 bridgehead atoms. The number of nitrogens with zero attached hydrogens (tertiary/aromatic N) is 6. The monoisotopic (exact) mass is 754 g/mol. The standard InChI is InChI=1S/C36H35F5N8O3S/c1-5-48-12-10-22(50-4)29(48)17(3)52-35-46-28-25-30(51-14-13-49(34(25)47-35)16(2)18-7-6-11-45-32(18)43)26(36(39,40)41)24(27(28)38)19-8-9-21(37)31-23(19)20(15-42)33(44)53-31/h6-9,11,16-17,22,29H,5,10,12-14,44H2,1-4H3,(H2,43,45)/t16-,17+,22+,29-/m1/s1. The van der Waals surface area contributed by atoms with Crippen LogP contribution in [-0.4, -0.2) is 71.5 Å². The summed E-state index contributed by atoms with van der Waals surface area (Å²) in [5.74, 6) is -2.85. The van der Waals surface area contributed by atoms with Crippen LogP contribution in [0.25, 0.3) is 32.1 Å². The number of ether oxygens (including phenoxy) is 3. The minimum absolute atomic E-state index is 0.00202. The molecular weight excluding hydrogens is 720 g/mol. The van der Waals surface area contributed by atoms with E-state index in [1.165, 1.54) is 6.20 Å². The normalized spacial score (nSPS) is 18.9. The third-order valence-electron chi connectivity index (χ3n) is 10.1. The third-order valence-corrected chi connectivity index (χ3v) is 11.1. The van der Waals surface area contributed by atoms with Crippen LogP contribution < -0.4 is 25.8 Å². The first-order chi connectivity index (χ1) is 25.3. The molecule has 0 unspecified atom stereocenters. The van der Waals surface area contributed by atoms with E-state index in [2.05, 4.69) is 19.9 Å². The Morgan fingerprint density at radius 2 is 1.91 bits per heavy atom. The summed E-state index contributed by atoms with van der Waals surface area (Å²) in [6.07, 6.45) is -3.76. The fraction of sp³-hybridized carbons (Fsp3) is 0.389. The van der Waals surface area contributed by atoms with Gasteiger partial charge in [-0.05, 0) is 44.5 Å². The molecule has 2 aliphatic rings. The molecule has 278 valence electrons. The fourth-order valence-corrected chi connectivity index (χ4v) is 8.64. The van der Waals surface area contributed by atoms with Gasteiger partial charge in [0.1, 0.15) is 58.1 Å². The van der Waals surface area contributed by atoms with Gasteiger partial charge >= 0.3 is 12.2 Å². The molecule has 0 amide bonds. The van der Waals surface area contributed by atoms with E-state index in [0.717, 1.165) is 25.1 Å². The van der Waals surface area contributed by atoms with Gasteiger partial charge in [0, 0.05) is 36.4 Å². The van der Waals surface area contributed by atoms with Crippen molar-refractivity contribution in [2.45, 2.75) is 57.7 Å². The molecule has 1 fully saturated rings. The average Bonchev–Trinajstić information content (AvgIpc) is 3.65. The number of nitrogens with two attached hydrogens (primary N) is 2. The van der Waals surface area contributed by atoms with Crippen molar-refractivity contribution in [3.05, 3.63) is 58.8 Å². The van der Waals surface area contributed by atoms with Gasteiger partial charge in [-0.3, -0.25) is 4.90 Å². The highest BCUT2D eigenvalue weighted by molar-refractivity contribution is 7.23. The third kappa shape index (κ3) is 5.98. The number of rotatable bonds is 8. The van der Waals surface area contributed by atoms with Gasteiger partial charge in [0.2, 0.25) is 0 Å². The maximum absolute atomic E-state index is 17.5. The van der Waals surface area contributed by atoms with E-state index >= 15 is 22.0 Å². The van der Waals surface area contributed by atoms with Gasteiger partial charge in [-0.2, -0.15) is 28.4 Å². The van der Waals surface area contributed by atoms with Crippen molar-refractivity contribution >= 4 is 49.0 Å². The first-order valence-corrected chi connectivity index (χ1v) is 17.7. The lowest BCUT2D eigenvalue weighted by Gasteiger charge is -2.32. The van der Waals surface area contributed by atoms with Crippen LogP contribution in [0, 0.1) is 23.0 Å². The largest absolute Gasteiger partial charge is 0.490 e. The number of pyridine rings is 1. The number of hydrogen-bond acceptors (Lipinski definition) is 12. The average molecular weight is 755 g/mol. The molecule has 5 aromatic rings. The number of thiophene rings is 1. The van der Waals surface area contributed by atoms with E-state index in [4.69, 9.17) is 25.7 Å². The van der Waals surface area contributed by atoms with Crippen molar-refractivity contribution in [1.82, 2.24) is 19.9 Å². The number of halogens is 5. The SMILES string of the molecule is CCN1CC[C@H](OC)[C@H]1[C@H](C)Oc1nc2c3c(c(C(F)(F)F)c(-c4ccc(F)c5sc(N)c(C#N)c45)c(F)c3n1)OCCN2[C@H](C)c1cccnc1N. The second kappa shape index (κ2) is 13.7. The fourth-order valence-electron chi connectivity index (χ4n) is 7.69.